The summed E-state index contributed by atoms with van der Waals surface area (Å²) in [5.74, 6) is 1.41. The maximum absolute atomic E-state index is 9.54. The molecule has 1 unspecified atom stereocenters. The molecule has 0 aliphatic carbocycles. The molecular formula is C21H32N4O2. The zero-order chi connectivity index (χ0) is 20.0. The highest BCUT2D eigenvalue weighted by molar-refractivity contribution is 5.40. The number of nitrogens with two attached hydrogens (primary N) is 2. The van der Waals surface area contributed by atoms with Gasteiger partial charge in [0.25, 0.3) is 0 Å². The molecule has 2 heterocycles. The van der Waals surface area contributed by atoms with Gasteiger partial charge in [-0.1, -0.05) is 32.9 Å². The minimum atomic E-state index is -0.0993. The molecule has 0 aliphatic heterocycles. The highest BCUT2D eigenvalue weighted by Crippen LogP contribution is 2.34. The van der Waals surface area contributed by atoms with Crippen LogP contribution >= 0.6 is 0 Å². The van der Waals surface area contributed by atoms with Gasteiger partial charge in [-0.25, -0.2) is 9.97 Å². The molecule has 0 spiro atoms. The number of aryl methyl sites for hydroxylation is 2. The van der Waals surface area contributed by atoms with Crippen molar-refractivity contribution in [3.8, 4) is 0 Å². The summed E-state index contributed by atoms with van der Waals surface area (Å²) in [7, 11) is 0. The maximum Gasteiger partial charge on any atom is 0.126 e. The summed E-state index contributed by atoms with van der Waals surface area (Å²) >= 11 is 0. The molecule has 0 radical (unpaired) electrons. The van der Waals surface area contributed by atoms with E-state index < -0.39 is 0 Å². The third kappa shape index (κ3) is 5.91. The highest BCUT2D eigenvalue weighted by atomic mass is 16.3. The van der Waals surface area contributed by atoms with E-state index in [0.29, 0.717) is 28.9 Å². The lowest BCUT2D eigenvalue weighted by Gasteiger charge is -2.31. The molecule has 0 saturated heterocycles. The van der Waals surface area contributed by atoms with Crippen molar-refractivity contribution in [1.82, 2.24) is 9.97 Å². The Bertz CT molecular complexity index is 756. The van der Waals surface area contributed by atoms with Gasteiger partial charge in [-0.3, -0.25) is 0 Å². The molecule has 6 N–H and O–H groups in total. The largest absolute Gasteiger partial charge is 0.390 e. The van der Waals surface area contributed by atoms with Crippen LogP contribution in [0.2, 0.25) is 0 Å². The Labute approximate surface area is 161 Å². The molecule has 2 aromatic heterocycles. The van der Waals surface area contributed by atoms with Crippen LogP contribution in [0.4, 0.5) is 11.6 Å². The first-order chi connectivity index (χ1) is 12.7. The van der Waals surface area contributed by atoms with E-state index >= 15 is 0 Å². The second-order valence-electron chi connectivity index (χ2n) is 8.15. The monoisotopic (exact) mass is 372 g/mol. The van der Waals surface area contributed by atoms with Gasteiger partial charge in [0.15, 0.2) is 0 Å². The van der Waals surface area contributed by atoms with Crippen molar-refractivity contribution in [3.05, 3.63) is 46.8 Å². The predicted molar refractivity (Wildman–Crippen MR) is 109 cm³/mol. The lowest BCUT2D eigenvalue weighted by Crippen LogP contribution is -2.22. The number of rotatable bonds is 8. The van der Waals surface area contributed by atoms with Crippen LogP contribution in [0.5, 0.6) is 0 Å². The fraction of sp³-hybridized carbons (Fsp3) is 0.524. The van der Waals surface area contributed by atoms with Crippen LogP contribution < -0.4 is 11.5 Å². The van der Waals surface area contributed by atoms with Gasteiger partial charge in [0, 0.05) is 0 Å². The van der Waals surface area contributed by atoms with Crippen molar-refractivity contribution in [2.45, 2.75) is 59.7 Å². The molecule has 2 rings (SSSR count). The molecular weight excluding hydrogens is 340 g/mol. The number of anilines is 2. The number of aliphatic hydroxyl groups excluding tert-OH is 2. The van der Waals surface area contributed by atoms with Gasteiger partial charge in [0.2, 0.25) is 0 Å². The molecule has 2 aromatic rings. The highest BCUT2D eigenvalue weighted by Gasteiger charge is 2.25. The summed E-state index contributed by atoms with van der Waals surface area (Å²) in [6.07, 6.45) is 3.68. The van der Waals surface area contributed by atoms with Crippen molar-refractivity contribution >= 4 is 11.6 Å². The van der Waals surface area contributed by atoms with Crippen LogP contribution in [0.15, 0.2) is 24.3 Å². The van der Waals surface area contributed by atoms with Crippen molar-refractivity contribution in [1.29, 1.82) is 0 Å². The Kier molecular flexibility index (Phi) is 7.16. The first kappa shape index (κ1) is 21.1. The maximum atomic E-state index is 9.54. The Morgan fingerprint density at radius 3 is 2.07 bits per heavy atom. The third-order valence-corrected chi connectivity index (χ3v) is 5.22. The van der Waals surface area contributed by atoms with Crippen LogP contribution in [0.1, 0.15) is 56.1 Å². The van der Waals surface area contributed by atoms with Crippen molar-refractivity contribution < 1.29 is 10.2 Å². The smallest absolute Gasteiger partial charge is 0.126 e. The predicted octanol–water partition coefficient (Wildman–Crippen LogP) is 2.85. The SMILES string of the molecule is CC(C)(C)C(CCc1ccc(CO)nc1N)CCc1ccc(N)nc1CO. The third-order valence-electron chi connectivity index (χ3n) is 5.22. The fourth-order valence-corrected chi connectivity index (χ4v) is 3.43. The first-order valence-corrected chi connectivity index (χ1v) is 9.44. The lowest BCUT2D eigenvalue weighted by molar-refractivity contribution is 0.211. The molecule has 0 aromatic carbocycles. The minimum Gasteiger partial charge on any atom is -0.390 e. The van der Waals surface area contributed by atoms with Gasteiger partial charge in [0.05, 0.1) is 24.6 Å². The summed E-state index contributed by atoms with van der Waals surface area (Å²) in [5, 5.41) is 18.7. The Morgan fingerprint density at radius 1 is 0.889 bits per heavy atom. The lowest BCUT2D eigenvalue weighted by atomic mass is 9.74. The van der Waals surface area contributed by atoms with Gasteiger partial charge in [0.1, 0.15) is 11.6 Å². The average Bonchev–Trinajstić information content (AvgIpc) is 2.62. The second kappa shape index (κ2) is 9.15. The van der Waals surface area contributed by atoms with Crippen molar-refractivity contribution in [2.24, 2.45) is 11.3 Å². The van der Waals surface area contributed by atoms with Gasteiger partial charge in [-0.15, -0.1) is 0 Å². The van der Waals surface area contributed by atoms with Crippen LogP contribution in [0.3, 0.4) is 0 Å². The topological polar surface area (TPSA) is 118 Å². The molecule has 0 amide bonds. The van der Waals surface area contributed by atoms with E-state index in [2.05, 4.69) is 30.7 Å². The van der Waals surface area contributed by atoms with E-state index in [-0.39, 0.29) is 18.6 Å². The zero-order valence-corrected chi connectivity index (χ0v) is 16.6. The van der Waals surface area contributed by atoms with Crippen molar-refractivity contribution in [2.75, 3.05) is 11.5 Å². The van der Waals surface area contributed by atoms with Crippen LogP contribution in [0.25, 0.3) is 0 Å². The Hall–Kier alpha value is -2.18. The van der Waals surface area contributed by atoms with E-state index in [1.165, 1.54) is 0 Å². The Balaban J connectivity index is 2.06. The minimum absolute atomic E-state index is 0.0973. The number of aromatic nitrogens is 2. The first-order valence-electron chi connectivity index (χ1n) is 9.44. The standard InChI is InChI=1S/C21H32N4O2/c1-21(2,3)16(8-4-14-7-11-19(22)25-18(14)13-27)9-5-15-6-10-17(12-26)24-20(15)23/h6-7,10-11,16,26-27H,4-5,8-9,12-13H2,1-3H3,(H2,22,25)(H2,23,24). The molecule has 1 atom stereocenters. The molecule has 0 aliphatic rings. The van der Waals surface area contributed by atoms with Gasteiger partial charge in [-0.05, 0) is 60.3 Å². The van der Waals surface area contributed by atoms with E-state index in [1.807, 2.05) is 18.2 Å². The van der Waals surface area contributed by atoms with Gasteiger partial charge in [-0.2, -0.15) is 0 Å². The van der Waals surface area contributed by atoms with E-state index in [4.69, 9.17) is 16.6 Å². The van der Waals surface area contributed by atoms with Crippen LogP contribution in [0, 0.1) is 11.3 Å². The summed E-state index contributed by atoms with van der Waals surface area (Å²) in [6, 6.07) is 7.53. The van der Waals surface area contributed by atoms with Crippen LogP contribution in [-0.2, 0) is 26.1 Å². The van der Waals surface area contributed by atoms with Gasteiger partial charge >= 0.3 is 0 Å². The molecule has 6 heteroatoms. The number of nitrogen functional groups attached to an aromatic ring is 2. The summed E-state index contributed by atoms with van der Waals surface area (Å²) in [6.45, 7) is 6.56. The normalized spacial score (nSPS) is 12.9. The summed E-state index contributed by atoms with van der Waals surface area (Å²) < 4.78 is 0. The summed E-state index contributed by atoms with van der Waals surface area (Å²) in [5.41, 5.74) is 15.2. The number of hydrogen-bond acceptors (Lipinski definition) is 6. The quantitative estimate of drug-likeness (QED) is 0.566. The molecule has 6 nitrogen and oxygen atoms in total. The summed E-state index contributed by atoms with van der Waals surface area (Å²) in [4.78, 5) is 8.47. The van der Waals surface area contributed by atoms with E-state index in [1.54, 1.807) is 6.07 Å². The average molecular weight is 373 g/mol. The number of aliphatic hydroxyl groups is 2. The number of hydrogen-bond donors (Lipinski definition) is 4. The Morgan fingerprint density at radius 2 is 1.52 bits per heavy atom. The van der Waals surface area contributed by atoms with E-state index in [0.717, 1.165) is 36.8 Å². The van der Waals surface area contributed by atoms with Gasteiger partial charge < -0.3 is 21.7 Å². The fourth-order valence-electron chi connectivity index (χ4n) is 3.43. The van der Waals surface area contributed by atoms with Crippen molar-refractivity contribution in [3.63, 3.8) is 0 Å². The zero-order valence-electron chi connectivity index (χ0n) is 16.6. The molecule has 27 heavy (non-hydrogen) atoms. The molecule has 0 saturated carbocycles. The molecule has 148 valence electrons. The second-order valence-corrected chi connectivity index (χ2v) is 8.15. The number of pyridine rings is 2. The number of nitrogens with zero attached hydrogens (tertiary/aromatic N) is 2. The molecule has 0 fully saturated rings. The molecule has 0 bridgehead atoms. The van der Waals surface area contributed by atoms with E-state index in [9.17, 15) is 5.11 Å². The van der Waals surface area contributed by atoms with Crippen LogP contribution in [-0.4, -0.2) is 20.2 Å².